The summed E-state index contributed by atoms with van der Waals surface area (Å²) in [6, 6.07) is 10.1. The fourth-order valence-corrected chi connectivity index (χ4v) is 4.04. The topological polar surface area (TPSA) is 60.9 Å². The van der Waals surface area contributed by atoms with E-state index in [1.165, 1.54) is 0 Å². The summed E-state index contributed by atoms with van der Waals surface area (Å²) in [5.74, 6) is -0.642. The molecule has 1 aromatic rings. The minimum Gasteiger partial charge on any atom is -0.480 e. The van der Waals surface area contributed by atoms with Gasteiger partial charge in [-0.1, -0.05) is 30.3 Å². The molecule has 0 aromatic heterocycles. The molecule has 24 heavy (non-hydrogen) atoms. The Bertz CT molecular complexity index is 552. The number of carboxylic acid groups (broad SMARTS) is 1. The molecular formula is C18H26N2O3S. The second kappa shape index (κ2) is 9.08. The van der Waals surface area contributed by atoms with Gasteiger partial charge >= 0.3 is 5.97 Å². The first-order chi connectivity index (χ1) is 11.5. The molecule has 2 rings (SSSR count). The van der Waals surface area contributed by atoms with Crippen LogP contribution in [0.3, 0.4) is 0 Å². The van der Waals surface area contributed by atoms with E-state index >= 15 is 0 Å². The van der Waals surface area contributed by atoms with Crippen molar-refractivity contribution in [1.29, 1.82) is 0 Å². The molecule has 1 aliphatic heterocycles. The van der Waals surface area contributed by atoms with E-state index in [0.29, 0.717) is 6.54 Å². The number of likely N-dealkylation sites (N-methyl/N-ethyl adjacent to an activating group) is 1. The molecule has 1 aliphatic rings. The van der Waals surface area contributed by atoms with Gasteiger partial charge in [0.15, 0.2) is 0 Å². The number of aliphatic carboxylic acids is 1. The maximum absolute atomic E-state index is 12.9. The smallest absolute Gasteiger partial charge is 0.317 e. The van der Waals surface area contributed by atoms with Crippen LogP contribution in [0.1, 0.15) is 30.1 Å². The van der Waals surface area contributed by atoms with Gasteiger partial charge in [-0.2, -0.15) is 0 Å². The van der Waals surface area contributed by atoms with Crippen molar-refractivity contribution in [1.82, 2.24) is 9.80 Å². The predicted octanol–water partition coefficient (Wildman–Crippen LogP) is 2.49. The molecule has 1 aromatic carbocycles. The summed E-state index contributed by atoms with van der Waals surface area (Å²) in [4.78, 5) is 27.7. The summed E-state index contributed by atoms with van der Waals surface area (Å²) in [6.45, 7) is 1.49. The van der Waals surface area contributed by atoms with Crippen LogP contribution in [0.5, 0.6) is 0 Å². The van der Waals surface area contributed by atoms with Crippen molar-refractivity contribution in [3.63, 3.8) is 0 Å². The minimum absolute atomic E-state index is 0.0517. The second-order valence-electron chi connectivity index (χ2n) is 6.25. The largest absolute Gasteiger partial charge is 0.480 e. The lowest BCUT2D eigenvalue weighted by Gasteiger charge is -2.27. The van der Waals surface area contributed by atoms with Gasteiger partial charge in [-0.05, 0) is 38.1 Å². The minimum atomic E-state index is -0.804. The summed E-state index contributed by atoms with van der Waals surface area (Å²) in [5, 5.41) is 8.78. The molecule has 2 atom stereocenters. The van der Waals surface area contributed by atoms with Crippen molar-refractivity contribution in [2.24, 2.45) is 0 Å². The van der Waals surface area contributed by atoms with Gasteiger partial charge in [-0.25, -0.2) is 0 Å². The zero-order valence-corrected chi connectivity index (χ0v) is 15.2. The van der Waals surface area contributed by atoms with Crippen LogP contribution < -0.4 is 0 Å². The van der Waals surface area contributed by atoms with Crippen molar-refractivity contribution >= 4 is 23.6 Å². The van der Waals surface area contributed by atoms with Gasteiger partial charge in [0.05, 0.1) is 6.54 Å². The zero-order valence-electron chi connectivity index (χ0n) is 14.4. The first kappa shape index (κ1) is 18.8. The van der Waals surface area contributed by atoms with Gasteiger partial charge in [-0.15, -0.1) is 11.8 Å². The number of hydrogen-bond acceptors (Lipinski definition) is 4. The lowest BCUT2D eigenvalue weighted by atomic mass is 10.1. The molecule has 1 N–H and O–H groups in total. The first-order valence-electron chi connectivity index (χ1n) is 8.31. The number of hydrogen-bond donors (Lipinski definition) is 1. The Labute approximate surface area is 148 Å². The Balaban J connectivity index is 1.99. The van der Waals surface area contributed by atoms with Crippen LogP contribution in [0.25, 0.3) is 0 Å². The van der Waals surface area contributed by atoms with Crippen LogP contribution >= 0.6 is 11.8 Å². The molecule has 2 unspecified atom stereocenters. The van der Waals surface area contributed by atoms with E-state index in [0.717, 1.165) is 31.4 Å². The maximum Gasteiger partial charge on any atom is 0.317 e. The monoisotopic (exact) mass is 350 g/mol. The molecular weight excluding hydrogens is 324 g/mol. The van der Waals surface area contributed by atoms with Crippen molar-refractivity contribution in [2.45, 2.75) is 30.6 Å². The summed E-state index contributed by atoms with van der Waals surface area (Å²) in [6.07, 6.45) is 4.64. The van der Waals surface area contributed by atoms with Crippen LogP contribution in [-0.2, 0) is 9.59 Å². The first-order valence-corrected chi connectivity index (χ1v) is 9.60. The van der Waals surface area contributed by atoms with E-state index in [9.17, 15) is 9.59 Å². The predicted molar refractivity (Wildman–Crippen MR) is 97.2 cm³/mol. The zero-order chi connectivity index (χ0) is 17.5. The van der Waals surface area contributed by atoms with Gasteiger partial charge in [0.2, 0.25) is 5.91 Å². The second-order valence-corrected chi connectivity index (χ2v) is 7.19. The average molecular weight is 350 g/mol. The summed E-state index contributed by atoms with van der Waals surface area (Å²) in [7, 11) is 1.85. The lowest BCUT2D eigenvalue weighted by molar-refractivity contribution is -0.138. The van der Waals surface area contributed by atoms with E-state index in [1.807, 2.05) is 53.4 Å². The quantitative estimate of drug-likeness (QED) is 0.854. The van der Waals surface area contributed by atoms with E-state index < -0.39 is 5.97 Å². The highest BCUT2D eigenvalue weighted by atomic mass is 32.2. The molecule has 0 saturated carbocycles. The third-order valence-corrected chi connectivity index (χ3v) is 5.52. The highest BCUT2D eigenvalue weighted by molar-refractivity contribution is 7.99. The summed E-state index contributed by atoms with van der Waals surface area (Å²) < 4.78 is 0. The van der Waals surface area contributed by atoms with E-state index in [4.69, 9.17) is 5.11 Å². The van der Waals surface area contributed by atoms with Crippen LogP contribution in [0.15, 0.2) is 30.3 Å². The standard InChI is InChI=1S/C18H26N2O3S/c1-19(13-16(21)22)15-9-6-11-20(12-10-15)18(23)17(24-2)14-7-4-3-5-8-14/h3-5,7-8,15,17H,6,9-13H2,1-2H3,(H,21,22). The Morgan fingerprint density at radius 2 is 2.00 bits per heavy atom. The third-order valence-electron chi connectivity index (χ3n) is 4.58. The molecule has 0 spiro atoms. The van der Waals surface area contributed by atoms with Gasteiger partial charge in [0.25, 0.3) is 0 Å². The number of carbonyl (C=O) groups is 2. The molecule has 6 heteroatoms. The van der Waals surface area contributed by atoms with Gasteiger partial charge in [0, 0.05) is 19.1 Å². The summed E-state index contributed by atoms with van der Waals surface area (Å²) in [5.41, 5.74) is 1.04. The molecule has 0 aliphatic carbocycles. The Morgan fingerprint density at radius 3 is 2.62 bits per heavy atom. The van der Waals surface area contributed by atoms with Crippen LogP contribution in [0, 0.1) is 0 Å². The molecule has 1 amide bonds. The third kappa shape index (κ3) is 4.98. The molecule has 0 bridgehead atoms. The highest BCUT2D eigenvalue weighted by Crippen LogP contribution is 2.29. The fourth-order valence-electron chi connectivity index (χ4n) is 3.26. The van der Waals surface area contributed by atoms with Crippen LogP contribution in [0.4, 0.5) is 0 Å². The lowest BCUT2D eigenvalue weighted by Crippen LogP contribution is -2.38. The number of thioether (sulfide) groups is 1. The van der Waals surface area contributed by atoms with Gasteiger partial charge < -0.3 is 10.0 Å². The normalized spacial score (nSPS) is 19.8. The number of likely N-dealkylation sites (tertiary alicyclic amines) is 1. The number of benzene rings is 1. The number of rotatable bonds is 6. The maximum atomic E-state index is 12.9. The van der Waals surface area contributed by atoms with Crippen molar-refractivity contribution in [3.8, 4) is 0 Å². The molecule has 1 heterocycles. The number of nitrogens with zero attached hydrogens (tertiary/aromatic N) is 2. The van der Waals surface area contributed by atoms with E-state index in [1.54, 1.807) is 11.8 Å². The van der Waals surface area contributed by atoms with Crippen molar-refractivity contribution in [2.75, 3.05) is 32.9 Å². The molecule has 1 fully saturated rings. The van der Waals surface area contributed by atoms with Crippen molar-refractivity contribution < 1.29 is 14.7 Å². The van der Waals surface area contributed by atoms with Gasteiger partial charge in [-0.3, -0.25) is 14.5 Å². The average Bonchev–Trinajstić information content (AvgIpc) is 2.82. The van der Waals surface area contributed by atoms with Crippen molar-refractivity contribution in [3.05, 3.63) is 35.9 Å². The fraction of sp³-hybridized carbons (Fsp3) is 0.556. The summed E-state index contributed by atoms with van der Waals surface area (Å²) >= 11 is 1.57. The number of carboxylic acids is 1. The number of amides is 1. The van der Waals surface area contributed by atoms with Crippen LogP contribution in [0.2, 0.25) is 0 Å². The van der Waals surface area contributed by atoms with Crippen LogP contribution in [-0.4, -0.2) is 65.8 Å². The van der Waals surface area contributed by atoms with Gasteiger partial charge in [0.1, 0.15) is 5.25 Å². The van der Waals surface area contributed by atoms with E-state index in [-0.39, 0.29) is 23.7 Å². The molecule has 1 saturated heterocycles. The molecule has 5 nitrogen and oxygen atoms in total. The molecule has 132 valence electrons. The Kier molecular flexibility index (Phi) is 7.12. The SMILES string of the molecule is CSC(C(=O)N1CCCC(N(C)CC(=O)O)CC1)c1ccccc1. The molecule has 0 radical (unpaired) electrons. The Hall–Kier alpha value is -1.53. The number of carbonyl (C=O) groups excluding carboxylic acids is 1. The van der Waals surface area contributed by atoms with E-state index in [2.05, 4.69) is 0 Å². The highest BCUT2D eigenvalue weighted by Gasteiger charge is 2.28. The Morgan fingerprint density at radius 1 is 1.29 bits per heavy atom.